The Morgan fingerprint density at radius 3 is 2.72 bits per heavy atom. The molecule has 0 spiro atoms. The molecule has 1 unspecified atom stereocenters. The summed E-state index contributed by atoms with van der Waals surface area (Å²) in [4.78, 5) is 12.0. The number of alkyl halides is 1. The van der Waals surface area contributed by atoms with E-state index in [4.69, 9.17) is 27.9 Å². The standard InChI is InChI=1S/C13H17Cl2NO2/c1-9-5-10(7-11(15)6-9)13(17)16-12(3-4-14)8-18-2/h5-7,12H,3-4,8H2,1-2H3,(H,16,17). The first kappa shape index (κ1) is 15.3. The molecule has 0 bridgehead atoms. The summed E-state index contributed by atoms with van der Waals surface area (Å²) in [5, 5.41) is 3.44. The maximum atomic E-state index is 12.0. The topological polar surface area (TPSA) is 38.3 Å². The molecule has 0 aliphatic carbocycles. The third-order valence-electron chi connectivity index (χ3n) is 2.46. The van der Waals surface area contributed by atoms with E-state index < -0.39 is 0 Å². The predicted octanol–water partition coefficient (Wildman–Crippen LogP) is 3.02. The lowest BCUT2D eigenvalue weighted by Crippen LogP contribution is -2.38. The molecule has 1 amide bonds. The Kier molecular flexibility index (Phi) is 6.47. The van der Waals surface area contributed by atoms with Crippen LogP contribution < -0.4 is 5.32 Å². The van der Waals surface area contributed by atoms with E-state index in [-0.39, 0.29) is 11.9 Å². The molecule has 0 aromatic heterocycles. The quantitative estimate of drug-likeness (QED) is 0.818. The van der Waals surface area contributed by atoms with Gasteiger partial charge in [-0.2, -0.15) is 0 Å². The van der Waals surface area contributed by atoms with Gasteiger partial charge < -0.3 is 10.1 Å². The zero-order valence-corrected chi connectivity index (χ0v) is 12.0. The first-order valence-corrected chi connectivity index (χ1v) is 6.61. The van der Waals surface area contributed by atoms with Gasteiger partial charge in [0, 0.05) is 23.6 Å². The maximum Gasteiger partial charge on any atom is 0.251 e. The lowest BCUT2D eigenvalue weighted by atomic mass is 10.1. The van der Waals surface area contributed by atoms with E-state index in [1.54, 1.807) is 19.2 Å². The van der Waals surface area contributed by atoms with Crippen LogP contribution in [0.1, 0.15) is 22.3 Å². The third kappa shape index (κ3) is 4.84. The largest absolute Gasteiger partial charge is 0.383 e. The number of hydrogen-bond acceptors (Lipinski definition) is 2. The van der Waals surface area contributed by atoms with Gasteiger partial charge in [-0.05, 0) is 37.1 Å². The first-order chi connectivity index (χ1) is 8.56. The summed E-state index contributed by atoms with van der Waals surface area (Å²) in [5.74, 6) is 0.316. The molecule has 0 aliphatic heterocycles. The van der Waals surface area contributed by atoms with Crippen LogP contribution in [0.2, 0.25) is 5.02 Å². The second-order valence-electron chi connectivity index (χ2n) is 4.12. The fourth-order valence-electron chi connectivity index (χ4n) is 1.67. The van der Waals surface area contributed by atoms with E-state index in [1.165, 1.54) is 0 Å². The Morgan fingerprint density at radius 1 is 1.44 bits per heavy atom. The van der Waals surface area contributed by atoms with Crippen molar-refractivity contribution in [3.63, 3.8) is 0 Å². The molecule has 1 N–H and O–H groups in total. The number of amides is 1. The lowest BCUT2D eigenvalue weighted by Gasteiger charge is -2.17. The van der Waals surface area contributed by atoms with Gasteiger partial charge in [-0.25, -0.2) is 0 Å². The van der Waals surface area contributed by atoms with Crippen molar-refractivity contribution in [3.8, 4) is 0 Å². The van der Waals surface area contributed by atoms with Gasteiger partial charge >= 0.3 is 0 Å². The van der Waals surface area contributed by atoms with Crippen LogP contribution in [0.25, 0.3) is 0 Å². The number of rotatable bonds is 6. The fourth-order valence-corrected chi connectivity index (χ4v) is 2.22. The van der Waals surface area contributed by atoms with Crippen molar-refractivity contribution in [2.24, 2.45) is 0 Å². The van der Waals surface area contributed by atoms with Crippen LogP contribution in [0.3, 0.4) is 0 Å². The Labute approximate surface area is 117 Å². The average Bonchev–Trinajstić information content (AvgIpc) is 2.28. The number of ether oxygens (including phenoxy) is 1. The van der Waals surface area contributed by atoms with E-state index in [1.807, 2.05) is 13.0 Å². The van der Waals surface area contributed by atoms with Gasteiger partial charge in [0.1, 0.15) is 0 Å². The Balaban J connectivity index is 2.73. The predicted molar refractivity (Wildman–Crippen MR) is 74.7 cm³/mol. The lowest BCUT2D eigenvalue weighted by molar-refractivity contribution is 0.0895. The number of benzene rings is 1. The summed E-state index contributed by atoms with van der Waals surface area (Å²) >= 11 is 11.6. The molecular formula is C13H17Cl2NO2. The molecule has 1 aromatic carbocycles. The van der Waals surface area contributed by atoms with Crippen molar-refractivity contribution in [3.05, 3.63) is 34.3 Å². The van der Waals surface area contributed by atoms with Gasteiger partial charge in [0.05, 0.1) is 12.6 Å². The number of aryl methyl sites for hydroxylation is 1. The Hall–Kier alpha value is -0.770. The number of methoxy groups -OCH3 is 1. The highest BCUT2D eigenvalue weighted by molar-refractivity contribution is 6.31. The summed E-state index contributed by atoms with van der Waals surface area (Å²) in [6, 6.07) is 5.17. The Bertz CT molecular complexity index is 384. The van der Waals surface area contributed by atoms with Gasteiger partial charge in [-0.15, -0.1) is 11.6 Å². The van der Waals surface area contributed by atoms with E-state index in [0.717, 1.165) is 5.56 Å². The van der Waals surface area contributed by atoms with Crippen LogP contribution in [0.5, 0.6) is 0 Å². The van der Waals surface area contributed by atoms with E-state index in [0.29, 0.717) is 29.5 Å². The molecule has 100 valence electrons. The summed E-state index contributed by atoms with van der Waals surface area (Å²) in [5.41, 5.74) is 1.50. The van der Waals surface area contributed by atoms with Crippen molar-refractivity contribution < 1.29 is 9.53 Å². The maximum absolute atomic E-state index is 12.0. The van der Waals surface area contributed by atoms with E-state index >= 15 is 0 Å². The zero-order valence-electron chi connectivity index (χ0n) is 10.5. The monoisotopic (exact) mass is 289 g/mol. The molecule has 18 heavy (non-hydrogen) atoms. The summed E-state index contributed by atoms with van der Waals surface area (Å²) in [6.45, 7) is 2.34. The fraction of sp³-hybridized carbons (Fsp3) is 0.462. The van der Waals surface area contributed by atoms with Crippen LogP contribution in [-0.4, -0.2) is 31.5 Å². The van der Waals surface area contributed by atoms with Crippen LogP contribution in [0.15, 0.2) is 18.2 Å². The number of nitrogens with one attached hydrogen (secondary N) is 1. The minimum Gasteiger partial charge on any atom is -0.383 e. The molecule has 0 radical (unpaired) electrons. The number of carbonyl (C=O) groups is 1. The zero-order chi connectivity index (χ0) is 13.5. The normalized spacial score (nSPS) is 12.2. The Morgan fingerprint density at radius 2 is 2.17 bits per heavy atom. The van der Waals surface area contributed by atoms with Crippen LogP contribution in [0.4, 0.5) is 0 Å². The molecule has 1 rings (SSSR count). The molecule has 0 heterocycles. The molecule has 1 aromatic rings. The highest BCUT2D eigenvalue weighted by Crippen LogP contribution is 2.14. The van der Waals surface area contributed by atoms with Crippen LogP contribution in [-0.2, 0) is 4.74 Å². The molecule has 0 fully saturated rings. The summed E-state index contributed by atoms with van der Waals surface area (Å²) in [6.07, 6.45) is 0.667. The number of hydrogen-bond donors (Lipinski definition) is 1. The number of halogens is 2. The second kappa shape index (κ2) is 7.62. The van der Waals surface area contributed by atoms with Crippen LogP contribution >= 0.6 is 23.2 Å². The number of carbonyl (C=O) groups excluding carboxylic acids is 1. The smallest absolute Gasteiger partial charge is 0.251 e. The molecule has 5 heteroatoms. The second-order valence-corrected chi connectivity index (χ2v) is 4.94. The van der Waals surface area contributed by atoms with Crippen molar-refractivity contribution in [2.75, 3.05) is 19.6 Å². The van der Waals surface area contributed by atoms with Crippen molar-refractivity contribution in [2.45, 2.75) is 19.4 Å². The SMILES string of the molecule is COCC(CCCl)NC(=O)c1cc(C)cc(Cl)c1. The van der Waals surface area contributed by atoms with Gasteiger partial charge in [0.15, 0.2) is 0 Å². The van der Waals surface area contributed by atoms with Crippen molar-refractivity contribution >= 4 is 29.1 Å². The minimum absolute atomic E-state index is 0.0840. The van der Waals surface area contributed by atoms with E-state index in [9.17, 15) is 4.79 Å². The summed E-state index contributed by atoms with van der Waals surface area (Å²) < 4.78 is 5.04. The highest BCUT2D eigenvalue weighted by Gasteiger charge is 2.13. The molecular weight excluding hydrogens is 273 g/mol. The van der Waals surface area contributed by atoms with Gasteiger partial charge in [-0.3, -0.25) is 4.79 Å². The third-order valence-corrected chi connectivity index (χ3v) is 2.90. The summed E-state index contributed by atoms with van der Waals surface area (Å²) in [7, 11) is 1.59. The minimum atomic E-state index is -0.159. The molecule has 1 atom stereocenters. The van der Waals surface area contributed by atoms with Gasteiger partial charge in [0.25, 0.3) is 5.91 Å². The highest BCUT2D eigenvalue weighted by atomic mass is 35.5. The molecule has 0 aliphatic rings. The van der Waals surface area contributed by atoms with Gasteiger partial charge in [0.2, 0.25) is 0 Å². The van der Waals surface area contributed by atoms with E-state index in [2.05, 4.69) is 5.32 Å². The first-order valence-electron chi connectivity index (χ1n) is 5.69. The molecule has 3 nitrogen and oxygen atoms in total. The average molecular weight is 290 g/mol. The molecule has 0 saturated heterocycles. The van der Waals surface area contributed by atoms with Crippen molar-refractivity contribution in [1.82, 2.24) is 5.32 Å². The van der Waals surface area contributed by atoms with Crippen LogP contribution in [0, 0.1) is 6.92 Å². The molecule has 0 saturated carbocycles. The van der Waals surface area contributed by atoms with Crippen molar-refractivity contribution in [1.29, 1.82) is 0 Å². The van der Waals surface area contributed by atoms with Gasteiger partial charge in [-0.1, -0.05) is 11.6 Å².